The number of nitrogens with two attached hydrogens (primary N) is 1. The maximum absolute atomic E-state index is 5.45. The molecule has 2 N–H and O–H groups in total. The summed E-state index contributed by atoms with van der Waals surface area (Å²) in [5.41, 5.74) is 6.50. The molecule has 0 radical (unpaired) electrons. The Kier molecular flexibility index (Phi) is 3.18. The normalized spacial score (nSPS) is 9.00. The highest BCUT2D eigenvalue weighted by Crippen LogP contribution is 2.12. The Morgan fingerprint density at radius 2 is 2.33 bits per heavy atom. The molecule has 1 rings (SSSR count). The van der Waals surface area contributed by atoms with Crippen LogP contribution in [-0.4, -0.2) is 6.61 Å². The van der Waals surface area contributed by atoms with E-state index in [2.05, 4.69) is 5.92 Å². The SMILES string of the molecule is C#CCOc1cccc(CN)c1. The minimum atomic E-state index is 0.300. The largest absolute Gasteiger partial charge is 0.481 e. The van der Waals surface area contributed by atoms with Gasteiger partial charge in [-0.2, -0.15) is 0 Å². The van der Waals surface area contributed by atoms with Crippen LogP contribution in [0.1, 0.15) is 5.56 Å². The third-order valence-electron chi connectivity index (χ3n) is 1.46. The Hall–Kier alpha value is -1.46. The third-order valence-corrected chi connectivity index (χ3v) is 1.46. The van der Waals surface area contributed by atoms with Crippen molar-refractivity contribution >= 4 is 0 Å². The Labute approximate surface area is 72.3 Å². The van der Waals surface area contributed by atoms with Crippen LogP contribution in [0.3, 0.4) is 0 Å². The first kappa shape index (κ1) is 8.63. The highest BCUT2D eigenvalue weighted by Gasteiger charge is 1.92. The van der Waals surface area contributed by atoms with Gasteiger partial charge in [-0.15, -0.1) is 6.42 Å². The van der Waals surface area contributed by atoms with E-state index in [0.29, 0.717) is 13.2 Å². The number of rotatable bonds is 3. The van der Waals surface area contributed by atoms with Crippen LogP contribution >= 0.6 is 0 Å². The van der Waals surface area contributed by atoms with Crippen molar-refractivity contribution in [2.45, 2.75) is 6.54 Å². The molecule has 12 heavy (non-hydrogen) atoms. The molecule has 2 nitrogen and oxygen atoms in total. The van der Waals surface area contributed by atoms with Crippen LogP contribution in [0.2, 0.25) is 0 Å². The molecule has 0 saturated carbocycles. The van der Waals surface area contributed by atoms with E-state index in [-0.39, 0.29) is 0 Å². The molecule has 0 aliphatic heterocycles. The standard InChI is InChI=1S/C10H11NO/c1-2-6-12-10-5-3-4-9(7-10)8-11/h1,3-5,7H,6,8,11H2. The number of hydrogen-bond acceptors (Lipinski definition) is 2. The van der Waals surface area contributed by atoms with Gasteiger partial charge in [0.05, 0.1) is 0 Å². The Balaban J connectivity index is 2.67. The van der Waals surface area contributed by atoms with E-state index in [0.717, 1.165) is 11.3 Å². The number of terminal acetylenes is 1. The summed E-state index contributed by atoms with van der Waals surface area (Å²) in [5, 5.41) is 0. The Bertz CT molecular complexity index is 288. The number of ether oxygens (including phenoxy) is 1. The smallest absolute Gasteiger partial charge is 0.148 e. The van der Waals surface area contributed by atoms with Gasteiger partial charge in [0.2, 0.25) is 0 Å². The summed E-state index contributed by atoms with van der Waals surface area (Å²) < 4.78 is 5.21. The molecule has 2 heteroatoms. The second-order valence-electron chi connectivity index (χ2n) is 2.34. The van der Waals surface area contributed by atoms with Crippen LogP contribution in [0.25, 0.3) is 0 Å². The van der Waals surface area contributed by atoms with Crippen molar-refractivity contribution in [2.75, 3.05) is 6.61 Å². The topological polar surface area (TPSA) is 35.2 Å². The predicted octanol–water partition coefficient (Wildman–Crippen LogP) is 1.16. The number of hydrogen-bond donors (Lipinski definition) is 1. The molecule has 0 amide bonds. The van der Waals surface area contributed by atoms with Crippen LogP contribution in [0.15, 0.2) is 24.3 Å². The average molecular weight is 161 g/mol. The number of benzene rings is 1. The van der Waals surface area contributed by atoms with Gasteiger partial charge < -0.3 is 10.5 Å². The van der Waals surface area contributed by atoms with Crippen LogP contribution in [-0.2, 0) is 6.54 Å². The monoisotopic (exact) mass is 161 g/mol. The van der Waals surface area contributed by atoms with Gasteiger partial charge in [0.25, 0.3) is 0 Å². The van der Waals surface area contributed by atoms with Gasteiger partial charge in [-0.3, -0.25) is 0 Å². The van der Waals surface area contributed by atoms with Crippen molar-refractivity contribution in [1.82, 2.24) is 0 Å². The molecule has 0 saturated heterocycles. The zero-order valence-electron chi connectivity index (χ0n) is 6.79. The maximum Gasteiger partial charge on any atom is 0.148 e. The van der Waals surface area contributed by atoms with Crippen molar-refractivity contribution in [3.05, 3.63) is 29.8 Å². The summed E-state index contributed by atoms with van der Waals surface area (Å²) in [4.78, 5) is 0. The summed E-state index contributed by atoms with van der Waals surface area (Å²) in [6.45, 7) is 0.821. The summed E-state index contributed by atoms with van der Waals surface area (Å²) in [6.07, 6.45) is 5.05. The van der Waals surface area contributed by atoms with E-state index in [1.165, 1.54) is 0 Å². The minimum Gasteiger partial charge on any atom is -0.481 e. The highest BCUT2D eigenvalue weighted by molar-refractivity contribution is 5.28. The van der Waals surface area contributed by atoms with E-state index < -0.39 is 0 Å². The molecule has 1 aromatic rings. The van der Waals surface area contributed by atoms with Gasteiger partial charge in [-0.1, -0.05) is 18.1 Å². The molecule has 1 aromatic carbocycles. The lowest BCUT2D eigenvalue weighted by molar-refractivity contribution is 0.370. The highest BCUT2D eigenvalue weighted by atomic mass is 16.5. The lowest BCUT2D eigenvalue weighted by Gasteiger charge is -2.03. The van der Waals surface area contributed by atoms with Gasteiger partial charge in [-0.05, 0) is 17.7 Å². The second-order valence-corrected chi connectivity index (χ2v) is 2.34. The summed E-state index contributed by atoms with van der Waals surface area (Å²) in [6, 6.07) is 7.59. The fourth-order valence-corrected chi connectivity index (χ4v) is 0.887. The summed E-state index contributed by atoms with van der Waals surface area (Å²) >= 11 is 0. The first-order valence-electron chi connectivity index (χ1n) is 3.72. The van der Waals surface area contributed by atoms with E-state index >= 15 is 0 Å². The molecule has 0 spiro atoms. The van der Waals surface area contributed by atoms with Gasteiger partial charge in [0.15, 0.2) is 0 Å². The van der Waals surface area contributed by atoms with Gasteiger partial charge in [0, 0.05) is 6.54 Å². The molecule has 0 heterocycles. The first-order valence-corrected chi connectivity index (χ1v) is 3.72. The summed E-state index contributed by atoms with van der Waals surface area (Å²) in [7, 11) is 0. The van der Waals surface area contributed by atoms with Gasteiger partial charge in [-0.25, -0.2) is 0 Å². The van der Waals surface area contributed by atoms with E-state index in [4.69, 9.17) is 16.9 Å². The van der Waals surface area contributed by atoms with Crippen molar-refractivity contribution in [2.24, 2.45) is 5.73 Å². The van der Waals surface area contributed by atoms with Crippen LogP contribution in [0.5, 0.6) is 5.75 Å². The molecule has 0 aliphatic rings. The predicted molar refractivity (Wildman–Crippen MR) is 48.7 cm³/mol. The molecule has 0 aromatic heterocycles. The zero-order valence-corrected chi connectivity index (χ0v) is 6.79. The van der Waals surface area contributed by atoms with Gasteiger partial charge >= 0.3 is 0 Å². The lowest BCUT2D eigenvalue weighted by atomic mass is 10.2. The van der Waals surface area contributed by atoms with E-state index in [1.807, 2.05) is 24.3 Å². The minimum absolute atomic E-state index is 0.300. The second kappa shape index (κ2) is 4.42. The van der Waals surface area contributed by atoms with Crippen LogP contribution in [0, 0.1) is 12.3 Å². The van der Waals surface area contributed by atoms with Crippen LogP contribution in [0.4, 0.5) is 0 Å². The van der Waals surface area contributed by atoms with Crippen molar-refractivity contribution in [3.8, 4) is 18.1 Å². The molecule has 0 unspecified atom stereocenters. The molecule has 62 valence electrons. The molecule has 0 fully saturated rings. The molecular weight excluding hydrogens is 150 g/mol. The van der Waals surface area contributed by atoms with Crippen molar-refractivity contribution < 1.29 is 4.74 Å². The Morgan fingerprint density at radius 1 is 1.50 bits per heavy atom. The van der Waals surface area contributed by atoms with Gasteiger partial charge in [0.1, 0.15) is 12.4 Å². The van der Waals surface area contributed by atoms with Crippen molar-refractivity contribution in [3.63, 3.8) is 0 Å². The molecular formula is C10H11NO. The Morgan fingerprint density at radius 3 is 3.00 bits per heavy atom. The zero-order chi connectivity index (χ0) is 8.81. The fraction of sp³-hybridized carbons (Fsp3) is 0.200. The van der Waals surface area contributed by atoms with Crippen LogP contribution < -0.4 is 10.5 Å². The molecule has 0 bridgehead atoms. The quantitative estimate of drug-likeness (QED) is 0.675. The third kappa shape index (κ3) is 2.30. The maximum atomic E-state index is 5.45. The summed E-state index contributed by atoms with van der Waals surface area (Å²) in [5.74, 6) is 3.17. The van der Waals surface area contributed by atoms with E-state index in [1.54, 1.807) is 0 Å². The first-order chi connectivity index (χ1) is 5.86. The molecule has 0 atom stereocenters. The molecule has 0 aliphatic carbocycles. The lowest BCUT2D eigenvalue weighted by Crippen LogP contribution is -1.98. The van der Waals surface area contributed by atoms with Crippen molar-refractivity contribution in [1.29, 1.82) is 0 Å². The fourth-order valence-electron chi connectivity index (χ4n) is 0.887. The average Bonchev–Trinajstić information content (AvgIpc) is 2.15. The van der Waals surface area contributed by atoms with E-state index in [9.17, 15) is 0 Å².